The molecule has 0 saturated heterocycles. The van der Waals surface area contributed by atoms with E-state index >= 15 is 0 Å². The van der Waals surface area contributed by atoms with Crippen molar-refractivity contribution in [2.24, 2.45) is 11.5 Å². The van der Waals surface area contributed by atoms with Crippen molar-refractivity contribution >= 4 is 55.6 Å². The van der Waals surface area contributed by atoms with Crippen LogP contribution in [0.5, 0.6) is 5.75 Å². The van der Waals surface area contributed by atoms with E-state index in [1.807, 2.05) is 12.1 Å². The fraction of sp³-hybridized carbons (Fsp3) is 0.273. The first-order chi connectivity index (χ1) is 14.5. The van der Waals surface area contributed by atoms with Gasteiger partial charge in [0, 0.05) is 15.3 Å². The Hall–Kier alpha value is -2.78. The van der Waals surface area contributed by atoms with Crippen LogP contribution < -0.4 is 16.2 Å². The first-order valence-corrected chi connectivity index (χ1v) is 12.1. The summed E-state index contributed by atoms with van der Waals surface area (Å²) in [5, 5.41) is 18.1. The Kier molecular flexibility index (Phi) is 4.59. The van der Waals surface area contributed by atoms with Crippen molar-refractivity contribution in [1.29, 1.82) is 10.5 Å². The van der Waals surface area contributed by atoms with Crippen LogP contribution in [0.1, 0.15) is 47.4 Å². The minimum absolute atomic E-state index is 0.203. The molecule has 1 saturated carbocycles. The first kappa shape index (κ1) is 19.2. The summed E-state index contributed by atoms with van der Waals surface area (Å²) < 4.78 is 9.08. The van der Waals surface area contributed by atoms with Gasteiger partial charge in [-0.2, -0.15) is 10.5 Å². The summed E-state index contributed by atoms with van der Waals surface area (Å²) in [6.45, 7) is 0. The lowest BCUT2D eigenvalue weighted by molar-refractivity contribution is 0.0267. The maximum Gasteiger partial charge on any atom is 0.157 e. The van der Waals surface area contributed by atoms with Gasteiger partial charge >= 0.3 is 0 Å². The second kappa shape index (κ2) is 7.17. The van der Waals surface area contributed by atoms with Crippen molar-refractivity contribution in [1.82, 2.24) is 0 Å². The smallest absolute Gasteiger partial charge is 0.157 e. The van der Waals surface area contributed by atoms with Gasteiger partial charge in [-0.25, -0.2) is 0 Å². The summed E-state index contributed by atoms with van der Waals surface area (Å²) in [7, 11) is 0. The monoisotopic (exact) mass is 450 g/mol. The normalized spacial score (nSPS) is 17.8. The largest absolute Gasteiger partial charge is 0.479 e. The predicted molar refractivity (Wildman–Crippen MR) is 124 cm³/mol. The first-order valence-electron chi connectivity index (χ1n) is 9.67. The van der Waals surface area contributed by atoms with E-state index in [9.17, 15) is 0 Å². The predicted octanol–water partition coefficient (Wildman–Crippen LogP) is 5.89. The summed E-state index contributed by atoms with van der Waals surface area (Å²) in [6, 6.07) is 8.22. The lowest BCUT2D eigenvalue weighted by Gasteiger charge is -2.40. The molecule has 1 spiro atoms. The number of ether oxygens (including phenoxy) is 1. The fourth-order valence-electron chi connectivity index (χ4n) is 4.30. The summed E-state index contributed by atoms with van der Waals surface area (Å²) in [5.74, 6) is 0.954. The van der Waals surface area contributed by atoms with Crippen LogP contribution in [0.25, 0.3) is 31.3 Å². The molecule has 0 radical (unpaired) electrons. The van der Waals surface area contributed by atoms with Crippen molar-refractivity contribution in [3.63, 3.8) is 0 Å². The molecule has 5 rings (SSSR count). The number of nitrogens with zero attached hydrogens (tertiary/aromatic N) is 2. The van der Waals surface area contributed by atoms with Crippen molar-refractivity contribution in [2.45, 2.75) is 37.7 Å². The van der Waals surface area contributed by atoms with Gasteiger partial charge in [0.05, 0.1) is 19.2 Å². The molecule has 30 heavy (non-hydrogen) atoms. The third kappa shape index (κ3) is 3.00. The molecular formula is C22H18N4OS3. The number of allylic oxidation sites excluding steroid dienone is 2. The van der Waals surface area contributed by atoms with E-state index in [1.54, 1.807) is 46.2 Å². The van der Waals surface area contributed by atoms with Crippen LogP contribution in [0.15, 0.2) is 23.5 Å². The molecule has 3 aromatic rings. The number of rotatable bonds is 2. The van der Waals surface area contributed by atoms with Crippen LogP contribution in [0.2, 0.25) is 0 Å². The SMILES string of the molecule is N#C/C(N)=C/c1cc2c(s1)-c1sc3cc(/C=C(\N)C#N)sc3c1OC21CCCCC1. The highest BCUT2D eigenvalue weighted by molar-refractivity contribution is 7.32. The minimum atomic E-state index is -0.315. The Morgan fingerprint density at radius 3 is 2.27 bits per heavy atom. The van der Waals surface area contributed by atoms with E-state index in [0.717, 1.165) is 55.5 Å². The maximum atomic E-state index is 9.08. The van der Waals surface area contributed by atoms with Gasteiger partial charge < -0.3 is 16.2 Å². The molecule has 0 amide bonds. The highest BCUT2D eigenvalue weighted by Crippen LogP contribution is 2.60. The molecule has 1 aliphatic heterocycles. The molecule has 2 aliphatic rings. The van der Waals surface area contributed by atoms with E-state index in [0.29, 0.717) is 0 Å². The third-order valence-corrected chi connectivity index (χ3v) is 9.18. The quantitative estimate of drug-likeness (QED) is 0.473. The minimum Gasteiger partial charge on any atom is -0.479 e. The van der Waals surface area contributed by atoms with Crippen LogP contribution in [0, 0.1) is 22.7 Å². The highest BCUT2D eigenvalue weighted by atomic mass is 32.1. The highest BCUT2D eigenvalue weighted by Gasteiger charge is 2.44. The molecule has 3 aromatic heterocycles. The topological polar surface area (TPSA) is 109 Å². The number of nitriles is 2. The Balaban J connectivity index is 1.69. The van der Waals surface area contributed by atoms with Gasteiger partial charge in [0.1, 0.15) is 29.1 Å². The molecule has 4 heterocycles. The van der Waals surface area contributed by atoms with Crippen molar-refractivity contribution in [3.05, 3.63) is 38.8 Å². The van der Waals surface area contributed by atoms with Crippen molar-refractivity contribution in [2.75, 3.05) is 0 Å². The summed E-state index contributed by atoms with van der Waals surface area (Å²) >= 11 is 5.00. The van der Waals surface area contributed by atoms with Gasteiger partial charge in [0.25, 0.3) is 0 Å². The summed E-state index contributed by atoms with van der Waals surface area (Å²) in [4.78, 5) is 4.33. The maximum absolute atomic E-state index is 9.08. The van der Waals surface area contributed by atoms with Crippen molar-refractivity contribution < 1.29 is 4.74 Å². The lowest BCUT2D eigenvalue weighted by atomic mass is 9.78. The molecule has 1 fully saturated rings. The average molecular weight is 451 g/mol. The Morgan fingerprint density at radius 2 is 1.60 bits per heavy atom. The number of hydrogen-bond acceptors (Lipinski definition) is 8. The van der Waals surface area contributed by atoms with Crippen molar-refractivity contribution in [3.8, 4) is 27.6 Å². The summed E-state index contributed by atoms with van der Waals surface area (Å²) in [5.41, 5.74) is 12.8. The van der Waals surface area contributed by atoms with E-state index in [4.69, 9.17) is 26.7 Å². The van der Waals surface area contributed by atoms with Crippen LogP contribution in [-0.4, -0.2) is 0 Å². The Bertz CT molecular complexity index is 1300. The zero-order valence-electron chi connectivity index (χ0n) is 16.0. The third-order valence-electron chi connectivity index (χ3n) is 5.60. The molecule has 5 nitrogen and oxygen atoms in total. The van der Waals surface area contributed by atoms with Gasteiger partial charge in [0.2, 0.25) is 0 Å². The molecule has 150 valence electrons. The Labute approximate surface area is 186 Å². The Morgan fingerprint density at radius 1 is 0.933 bits per heavy atom. The average Bonchev–Trinajstić information content (AvgIpc) is 3.42. The molecule has 1 aliphatic carbocycles. The van der Waals surface area contributed by atoms with Gasteiger partial charge in [-0.3, -0.25) is 0 Å². The second-order valence-electron chi connectivity index (χ2n) is 7.57. The van der Waals surface area contributed by atoms with E-state index in [-0.39, 0.29) is 17.0 Å². The molecular weight excluding hydrogens is 432 g/mol. The number of fused-ring (bicyclic) bond motifs is 6. The molecule has 4 N–H and O–H groups in total. The van der Waals surface area contributed by atoms with Gasteiger partial charge in [0.15, 0.2) is 5.75 Å². The van der Waals surface area contributed by atoms with E-state index in [2.05, 4.69) is 12.1 Å². The lowest BCUT2D eigenvalue weighted by Crippen LogP contribution is -2.37. The molecule has 0 aromatic carbocycles. The van der Waals surface area contributed by atoms with Crippen LogP contribution in [0.4, 0.5) is 0 Å². The number of hydrogen-bond donors (Lipinski definition) is 2. The van der Waals surface area contributed by atoms with E-state index < -0.39 is 0 Å². The zero-order chi connectivity index (χ0) is 20.9. The second-order valence-corrected chi connectivity index (χ2v) is 10.8. The molecule has 0 atom stereocenters. The van der Waals surface area contributed by atoms with Gasteiger partial charge in [-0.05, 0) is 50.0 Å². The van der Waals surface area contributed by atoms with E-state index in [1.165, 1.54) is 16.9 Å². The molecule has 8 heteroatoms. The molecule has 0 bridgehead atoms. The van der Waals surface area contributed by atoms with Gasteiger partial charge in [-0.15, -0.1) is 34.0 Å². The number of nitrogens with two attached hydrogens (primary N) is 2. The summed E-state index contributed by atoms with van der Waals surface area (Å²) in [6.07, 6.45) is 8.96. The standard InChI is InChI=1S/C22H18N4OS3/c23-10-12(25)6-14-8-16-19(28-14)21-18(27-22(16)4-2-1-3-5-22)20-17(30-21)9-15(29-20)7-13(26)11-24/h6-9H,1-5,25-26H2/b12-6-,13-7-. The number of thiophene rings is 3. The van der Waals surface area contributed by atoms with Crippen LogP contribution >= 0.6 is 34.0 Å². The van der Waals surface area contributed by atoms with Crippen LogP contribution in [0.3, 0.4) is 0 Å². The van der Waals surface area contributed by atoms with Crippen LogP contribution in [-0.2, 0) is 5.60 Å². The fourth-order valence-corrected chi connectivity index (χ4v) is 8.11. The molecule has 0 unspecified atom stereocenters. The zero-order valence-corrected chi connectivity index (χ0v) is 18.5. The van der Waals surface area contributed by atoms with Gasteiger partial charge in [-0.1, -0.05) is 6.42 Å².